The number of hydrogen-bond donors (Lipinski definition) is 2. The first-order valence-corrected chi connectivity index (χ1v) is 11.4. The van der Waals surface area contributed by atoms with Crippen molar-refractivity contribution in [2.75, 3.05) is 11.3 Å². The minimum atomic E-state index is -3.83. The van der Waals surface area contributed by atoms with Crippen LogP contribution >= 0.6 is 11.6 Å². The van der Waals surface area contributed by atoms with Crippen molar-refractivity contribution in [3.8, 4) is 11.1 Å². The lowest BCUT2D eigenvalue weighted by Crippen LogP contribution is -2.37. The Hall–Kier alpha value is -3.36. The molecule has 1 amide bonds. The van der Waals surface area contributed by atoms with E-state index in [-0.39, 0.29) is 4.90 Å². The summed E-state index contributed by atoms with van der Waals surface area (Å²) in [6, 6.07) is 16.5. The molecule has 0 saturated carbocycles. The van der Waals surface area contributed by atoms with E-state index in [1.807, 2.05) is 0 Å². The van der Waals surface area contributed by atoms with Crippen molar-refractivity contribution in [1.82, 2.24) is 5.32 Å². The molecule has 9 heteroatoms. The molecule has 0 bridgehead atoms. The predicted molar refractivity (Wildman–Crippen MR) is 121 cm³/mol. The van der Waals surface area contributed by atoms with Crippen molar-refractivity contribution >= 4 is 39.2 Å². The van der Waals surface area contributed by atoms with E-state index in [1.165, 1.54) is 6.07 Å². The van der Waals surface area contributed by atoms with Crippen molar-refractivity contribution < 1.29 is 23.1 Å². The fourth-order valence-electron chi connectivity index (χ4n) is 3.08. The number of aliphatic carboxylic acids is 1. The molecule has 0 aliphatic heterocycles. The molecule has 7 nitrogen and oxygen atoms in total. The van der Waals surface area contributed by atoms with Gasteiger partial charge in [0.2, 0.25) is 0 Å². The topological polar surface area (TPSA) is 115 Å². The SMILES string of the molecule is Cc1cc(S(=O)(=O)Nc2cccc(-c3ccc(C(=O)NCC(=O)[O-])cc3)c2)c(C)cc1Cl. The van der Waals surface area contributed by atoms with Crippen molar-refractivity contribution in [3.05, 3.63) is 82.4 Å². The van der Waals surface area contributed by atoms with Gasteiger partial charge < -0.3 is 15.2 Å². The summed E-state index contributed by atoms with van der Waals surface area (Å²) in [5, 5.41) is 13.2. The monoisotopic (exact) mass is 471 g/mol. The van der Waals surface area contributed by atoms with Gasteiger partial charge in [-0.2, -0.15) is 0 Å². The molecule has 0 saturated heterocycles. The van der Waals surface area contributed by atoms with E-state index in [4.69, 9.17) is 11.6 Å². The van der Waals surface area contributed by atoms with Crippen LogP contribution in [0.2, 0.25) is 5.02 Å². The molecule has 32 heavy (non-hydrogen) atoms. The van der Waals surface area contributed by atoms with E-state index in [2.05, 4.69) is 10.0 Å². The van der Waals surface area contributed by atoms with Crippen LogP contribution in [-0.2, 0) is 14.8 Å². The van der Waals surface area contributed by atoms with Crippen molar-refractivity contribution in [3.63, 3.8) is 0 Å². The number of anilines is 1. The fraction of sp³-hybridized carbons (Fsp3) is 0.130. The molecule has 0 fully saturated rings. The molecule has 0 spiro atoms. The number of sulfonamides is 1. The van der Waals surface area contributed by atoms with E-state index in [9.17, 15) is 23.1 Å². The molecule has 0 radical (unpaired) electrons. The van der Waals surface area contributed by atoms with E-state index in [0.29, 0.717) is 27.4 Å². The summed E-state index contributed by atoms with van der Waals surface area (Å²) < 4.78 is 28.4. The zero-order valence-corrected chi connectivity index (χ0v) is 18.9. The first-order chi connectivity index (χ1) is 15.1. The second-order valence-electron chi connectivity index (χ2n) is 7.19. The van der Waals surface area contributed by atoms with Crippen molar-refractivity contribution in [2.24, 2.45) is 0 Å². The normalized spacial score (nSPS) is 11.1. The summed E-state index contributed by atoms with van der Waals surface area (Å²) >= 11 is 6.08. The highest BCUT2D eigenvalue weighted by atomic mass is 35.5. The van der Waals surface area contributed by atoms with Gasteiger partial charge in [-0.15, -0.1) is 0 Å². The highest BCUT2D eigenvalue weighted by Gasteiger charge is 2.18. The molecule has 3 rings (SSSR count). The van der Waals surface area contributed by atoms with Crippen LogP contribution in [0, 0.1) is 13.8 Å². The Morgan fingerprint density at radius 2 is 1.62 bits per heavy atom. The molecule has 3 aromatic carbocycles. The van der Waals surface area contributed by atoms with Crippen LogP contribution in [0.4, 0.5) is 5.69 Å². The van der Waals surface area contributed by atoms with E-state index in [1.54, 1.807) is 68.4 Å². The molecule has 0 aliphatic carbocycles. The number of carbonyl (C=O) groups is 2. The minimum absolute atomic E-state index is 0.150. The van der Waals surface area contributed by atoms with E-state index >= 15 is 0 Å². The fourth-order valence-corrected chi connectivity index (χ4v) is 4.67. The third kappa shape index (κ3) is 5.46. The van der Waals surface area contributed by atoms with Gasteiger partial charge in [0.05, 0.1) is 17.4 Å². The Morgan fingerprint density at radius 3 is 2.28 bits per heavy atom. The van der Waals surface area contributed by atoms with Crippen molar-refractivity contribution in [1.29, 1.82) is 0 Å². The van der Waals surface area contributed by atoms with Crippen LogP contribution in [0.5, 0.6) is 0 Å². The third-order valence-electron chi connectivity index (χ3n) is 4.73. The number of amides is 1. The van der Waals surface area contributed by atoms with E-state index in [0.717, 1.165) is 11.1 Å². The molecular weight excluding hydrogens is 452 g/mol. The average molecular weight is 472 g/mol. The van der Waals surface area contributed by atoms with Crippen LogP contribution in [-0.4, -0.2) is 26.8 Å². The summed E-state index contributed by atoms with van der Waals surface area (Å²) in [7, 11) is -3.83. The first kappa shape index (κ1) is 23.3. The van der Waals surface area contributed by atoms with Gasteiger partial charge in [0, 0.05) is 16.3 Å². The smallest absolute Gasteiger partial charge is 0.262 e. The second-order valence-corrected chi connectivity index (χ2v) is 9.24. The number of carboxylic acid groups (broad SMARTS) is 1. The van der Waals surface area contributed by atoms with Gasteiger partial charge in [0.15, 0.2) is 0 Å². The Kier molecular flexibility index (Phi) is 6.86. The Balaban J connectivity index is 1.82. The molecule has 2 N–H and O–H groups in total. The van der Waals surface area contributed by atoms with Gasteiger partial charge in [-0.05, 0) is 72.5 Å². The van der Waals surface area contributed by atoms with E-state index < -0.39 is 28.4 Å². The Bertz CT molecular complexity index is 1290. The number of carbonyl (C=O) groups excluding carboxylic acids is 2. The molecule has 0 atom stereocenters. The standard InChI is InChI=1S/C23H21ClN2O5S/c1-14-11-21(15(2)10-20(14)24)32(30,31)26-19-5-3-4-18(12-19)16-6-8-17(9-7-16)23(29)25-13-22(27)28/h3-12,26H,13H2,1-2H3,(H,25,29)(H,27,28)/p-1. The summed E-state index contributed by atoms with van der Waals surface area (Å²) in [6.07, 6.45) is 0. The maximum absolute atomic E-state index is 12.9. The number of aryl methyl sites for hydroxylation is 2. The summed E-state index contributed by atoms with van der Waals surface area (Å²) in [4.78, 5) is 22.5. The predicted octanol–water partition coefficient (Wildman–Crippen LogP) is 2.90. The molecule has 3 aromatic rings. The molecule has 166 valence electrons. The highest BCUT2D eigenvalue weighted by Crippen LogP contribution is 2.28. The van der Waals surface area contributed by atoms with Crippen LogP contribution < -0.4 is 15.1 Å². The van der Waals surface area contributed by atoms with Gasteiger partial charge in [-0.25, -0.2) is 8.42 Å². The van der Waals surface area contributed by atoms with Crippen LogP contribution in [0.15, 0.2) is 65.6 Å². The maximum Gasteiger partial charge on any atom is 0.262 e. The van der Waals surface area contributed by atoms with Gasteiger partial charge in [-0.3, -0.25) is 9.52 Å². The third-order valence-corrected chi connectivity index (χ3v) is 6.66. The Labute approximate surface area is 191 Å². The van der Waals surface area contributed by atoms with Crippen LogP contribution in [0.25, 0.3) is 11.1 Å². The largest absolute Gasteiger partial charge is 0.548 e. The summed E-state index contributed by atoms with van der Waals surface area (Å²) in [5.74, 6) is -1.91. The number of halogens is 1. The number of rotatable bonds is 7. The number of hydrogen-bond acceptors (Lipinski definition) is 5. The number of nitrogens with one attached hydrogen (secondary N) is 2. The molecular formula is C23H20ClN2O5S-. The number of benzene rings is 3. The molecule has 0 aromatic heterocycles. The molecule has 0 heterocycles. The van der Waals surface area contributed by atoms with Crippen LogP contribution in [0.3, 0.4) is 0 Å². The highest BCUT2D eigenvalue weighted by molar-refractivity contribution is 7.92. The molecule has 0 unspecified atom stereocenters. The number of carboxylic acids is 1. The zero-order chi connectivity index (χ0) is 23.5. The summed E-state index contributed by atoms with van der Waals surface area (Å²) in [5.41, 5.74) is 3.36. The average Bonchev–Trinajstić information content (AvgIpc) is 2.74. The maximum atomic E-state index is 12.9. The van der Waals surface area contributed by atoms with Crippen molar-refractivity contribution in [2.45, 2.75) is 18.7 Å². The van der Waals surface area contributed by atoms with Crippen LogP contribution in [0.1, 0.15) is 21.5 Å². The second kappa shape index (κ2) is 9.42. The van der Waals surface area contributed by atoms with Gasteiger partial charge in [-0.1, -0.05) is 35.9 Å². The lowest BCUT2D eigenvalue weighted by molar-refractivity contribution is -0.303. The van der Waals surface area contributed by atoms with Gasteiger partial charge in [0.25, 0.3) is 15.9 Å². The zero-order valence-electron chi connectivity index (χ0n) is 17.3. The van der Waals surface area contributed by atoms with Gasteiger partial charge in [0.1, 0.15) is 0 Å². The Morgan fingerprint density at radius 1 is 0.938 bits per heavy atom. The quantitative estimate of drug-likeness (QED) is 0.549. The summed E-state index contributed by atoms with van der Waals surface area (Å²) in [6.45, 7) is 2.85. The molecule has 0 aliphatic rings. The lowest BCUT2D eigenvalue weighted by Gasteiger charge is -2.13. The minimum Gasteiger partial charge on any atom is -0.548 e. The van der Waals surface area contributed by atoms with Gasteiger partial charge >= 0.3 is 0 Å². The first-order valence-electron chi connectivity index (χ1n) is 9.55. The lowest BCUT2D eigenvalue weighted by atomic mass is 10.0.